The summed E-state index contributed by atoms with van der Waals surface area (Å²) in [6.45, 7) is 3.63. The van der Waals surface area contributed by atoms with Crippen LogP contribution in [0.2, 0.25) is 0 Å². The van der Waals surface area contributed by atoms with Gasteiger partial charge >= 0.3 is 6.18 Å². The average molecular weight is 239 g/mol. The molecule has 2 rings (SSSR count). The molecule has 1 unspecified atom stereocenters. The van der Waals surface area contributed by atoms with Crippen molar-refractivity contribution < 1.29 is 13.2 Å². The lowest BCUT2D eigenvalue weighted by atomic mass is 9.92. The third-order valence-electron chi connectivity index (χ3n) is 2.83. The number of rotatable bonds is 1. The molecule has 0 saturated heterocycles. The van der Waals surface area contributed by atoms with E-state index in [2.05, 4.69) is 4.99 Å². The van der Waals surface area contributed by atoms with Gasteiger partial charge in [0.25, 0.3) is 0 Å². The Bertz CT molecular complexity index is 500. The van der Waals surface area contributed by atoms with Crippen LogP contribution in [0, 0.1) is 0 Å². The van der Waals surface area contributed by atoms with Crippen LogP contribution in [-0.4, -0.2) is 5.71 Å². The molecule has 1 heterocycles. The third-order valence-corrected chi connectivity index (χ3v) is 2.83. The minimum Gasteiger partial charge on any atom is -0.275 e. The minimum atomic E-state index is -4.31. The van der Waals surface area contributed by atoms with E-state index in [1.54, 1.807) is 13.0 Å². The normalized spacial score (nSPS) is 23.9. The first-order valence-electron chi connectivity index (χ1n) is 5.25. The van der Waals surface area contributed by atoms with Crippen molar-refractivity contribution in [2.75, 3.05) is 0 Å². The van der Waals surface area contributed by atoms with Crippen molar-refractivity contribution in [3.63, 3.8) is 0 Å². The van der Waals surface area contributed by atoms with Gasteiger partial charge in [0.2, 0.25) is 0 Å². The largest absolute Gasteiger partial charge is 0.416 e. The minimum absolute atomic E-state index is 0.556. The van der Waals surface area contributed by atoms with E-state index >= 15 is 0 Å². The summed E-state index contributed by atoms with van der Waals surface area (Å²) in [5.74, 6) is 0. The molecule has 17 heavy (non-hydrogen) atoms. The lowest BCUT2D eigenvalue weighted by Crippen LogP contribution is -2.15. The molecule has 90 valence electrons. The molecule has 0 aliphatic carbocycles. The molecule has 0 aromatic heterocycles. The first-order chi connectivity index (χ1) is 7.81. The van der Waals surface area contributed by atoms with Gasteiger partial charge in [-0.3, -0.25) is 4.99 Å². The van der Waals surface area contributed by atoms with Gasteiger partial charge in [-0.05, 0) is 37.6 Å². The molecule has 0 spiro atoms. The fraction of sp³-hybridized carbons (Fsp3) is 0.308. The monoisotopic (exact) mass is 239 g/mol. The van der Waals surface area contributed by atoms with Crippen LogP contribution in [0.1, 0.15) is 25.0 Å². The summed E-state index contributed by atoms with van der Waals surface area (Å²) in [6, 6.07) is 5.32. The molecule has 0 fully saturated rings. The van der Waals surface area contributed by atoms with Crippen LogP contribution in [0.3, 0.4) is 0 Å². The highest BCUT2D eigenvalue weighted by Gasteiger charge is 2.33. The molecule has 4 heteroatoms. The Balaban J connectivity index is 2.45. The Hall–Kier alpha value is -1.58. The molecule has 0 amide bonds. The van der Waals surface area contributed by atoms with Crippen molar-refractivity contribution in [2.24, 2.45) is 4.99 Å². The zero-order chi connectivity index (χ0) is 12.7. The number of hydrogen-bond acceptors (Lipinski definition) is 1. The van der Waals surface area contributed by atoms with Gasteiger partial charge in [0, 0.05) is 5.71 Å². The fourth-order valence-corrected chi connectivity index (χ4v) is 1.89. The molecule has 0 saturated carbocycles. The zero-order valence-electron chi connectivity index (χ0n) is 9.55. The summed E-state index contributed by atoms with van der Waals surface area (Å²) in [7, 11) is 0. The van der Waals surface area contributed by atoms with Gasteiger partial charge in [-0.15, -0.1) is 0 Å². The van der Waals surface area contributed by atoms with Crippen LogP contribution in [0.25, 0.3) is 0 Å². The molecule has 0 N–H and O–H groups in total. The van der Waals surface area contributed by atoms with Gasteiger partial charge in [-0.25, -0.2) is 0 Å². The van der Waals surface area contributed by atoms with Crippen molar-refractivity contribution >= 4 is 5.71 Å². The van der Waals surface area contributed by atoms with Gasteiger partial charge in [0.1, 0.15) is 5.54 Å². The highest BCUT2D eigenvalue weighted by atomic mass is 19.4. The van der Waals surface area contributed by atoms with E-state index in [-0.39, 0.29) is 0 Å². The summed E-state index contributed by atoms with van der Waals surface area (Å²) >= 11 is 0. The van der Waals surface area contributed by atoms with E-state index < -0.39 is 17.3 Å². The lowest BCUT2D eigenvalue weighted by molar-refractivity contribution is -0.137. The third kappa shape index (κ3) is 2.25. The van der Waals surface area contributed by atoms with Crippen molar-refractivity contribution in [1.29, 1.82) is 0 Å². The Morgan fingerprint density at radius 3 is 2.47 bits per heavy atom. The highest BCUT2D eigenvalue weighted by Crippen LogP contribution is 2.35. The van der Waals surface area contributed by atoms with Crippen molar-refractivity contribution in [3.05, 3.63) is 47.5 Å². The van der Waals surface area contributed by atoms with E-state index in [4.69, 9.17) is 0 Å². The second-order valence-corrected chi connectivity index (χ2v) is 4.31. The standard InChI is InChI=1S/C13H12F3N/c1-9-6-7-12(2,17-9)10-4-3-5-11(8-10)13(14,15)16/h3-8H,1-2H3. The molecule has 1 aliphatic rings. The van der Waals surface area contributed by atoms with E-state index in [0.29, 0.717) is 5.56 Å². The maximum atomic E-state index is 12.6. The first-order valence-corrected chi connectivity index (χ1v) is 5.25. The first kappa shape index (κ1) is 11.9. The topological polar surface area (TPSA) is 12.4 Å². The predicted octanol–water partition coefficient (Wildman–Crippen LogP) is 3.95. The number of aliphatic imine (C=N–C) groups is 1. The second kappa shape index (κ2) is 3.72. The molecular formula is C13H12F3N. The molecule has 1 aromatic rings. The van der Waals surface area contributed by atoms with Gasteiger partial charge in [0.15, 0.2) is 0 Å². The SMILES string of the molecule is CC1=NC(C)(c2cccc(C(F)(F)F)c2)C=C1. The van der Waals surface area contributed by atoms with Crippen LogP contribution < -0.4 is 0 Å². The van der Waals surface area contributed by atoms with Crippen LogP contribution >= 0.6 is 0 Å². The number of halogens is 3. The molecule has 1 aromatic carbocycles. The molecular weight excluding hydrogens is 227 g/mol. The predicted molar refractivity (Wildman–Crippen MR) is 61.0 cm³/mol. The quantitative estimate of drug-likeness (QED) is 0.703. The van der Waals surface area contributed by atoms with Crippen LogP contribution in [-0.2, 0) is 11.7 Å². The van der Waals surface area contributed by atoms with Gasteiger partial charge < -0.3 is 0 Å². The van der Waals surface area contributed by atoms with E-state index in [1.807, 2.05) is 19.1 Å². The fourth-order valence-electron chi connectivity index (χ4n) is 1.89. The van der Waals surface area contributed by atoms with E-state index in [9.17, 15) is 13.2 Å². The number of hydrogen-bond donors (Lipinski definition) is 0. The smallest absolute Gasteiger partial charge is 0.275 e. The average Bonchev–Trinajstić information content (AvgIpc) is 2.59. The number of alkyl halides is 3. The van der Waals surface area contributed by atoms with Crippen LogP contribution in [0.4, 0.5) is 13.2 Å². The van der Waals surface area contributed by atoms with Gasteiger partial charge in [-0.2, -0.15) is 13.2 Å². The Morgan fingerprint density at radius 1 is 1.24 bits per heavy atom. The molecule has 1 aliphatic heterocycles. The lowest BCUT2D eigenvalue weighted by Gasteiger charge is -2.20. The van der Waals surface area contributed by atoms with Gasteiger partial charge in [0.05, 0.1) is 5.56 Å². The Labute approximate surface area is 97.7 Å². The summed E-state index contributed by atoms with van der Waals surface area (Å²) in [5, 5.41) is 0. The number of nitrogens with zero attached hydrogens (tertiary/aromatic N) is 1. The highest BCUT2D eigenvalue weighted by molar-refractivity contribution is 5.95. The Kier molecular flexibility index (Phi) is 2.60. The summed E-state index contributed by atoms with van der Waals surface area (Å²) in [5.41, 5.74) is 0.0699. The van der Waals surface area contributed by atoms with Gasteiger partial charge in [-0.1, -0.05) is 18.2 Å². The molecule has 0 radical (unpaired) electrons. The number of allylic oxidation sites excluding steroid dienone is 1. The van der Waals surface area contributed by atoms with Crippen LogP contribution in [0.5, 0.6) is 0 Å². The molecule has 0 bridgehead atoms. The van der Waals surface area contributed by atoms with Crippen molar-refractivity contribution in [3.8, 4) is 0 Å². The van der Waals surface area contributed by atoms with E-state index in [1.165, 1.54) is 6.07 Å². The van der Waals surface area contributed by atoms with Crippen molar-refractivity contribution in [2.45, 2.75) is 25.6 Å². The van der Waals surface area contributed by atoms with Crippen LogP contribution in [0.15, 0.2) is 41.4 Å². The Morgan fingerprint density at radius 2 is 1.94 bits per heavy atom. The molecule has 1 atom stereocenters. The van der Waals surface area contributed by atoms with Crippen molar-refractivity contribution in [1.82, 2.24) is 0 Å². The summed E-state index contributed by atoms with van der Waals surface area (Å²) < 4.78 is 37.8. The second-order valence-electron chi connectivity index (χ2n) is 4.31. The maximum Gasteiger partial charge on any atom is 0.416 e. The zero-order valence-corrected chi connectivity index (χ0v) is 9.55. The summed E-state index contributed by atoms with van der Waals surface area (Å²) in [6.07, 6.45) is -0.675. The molecule has 1 nitrogen and oxygen atoms in total. The van der Waals surface area contributed by atoms with E-state index in [0.717, 1.165) is 17.8 Å². The summed E-state index contributed by atoms with van der Waals surface area (Å²) in [4.78, 5) is 4.35. The number of benzene rings is 1. The maximum absolute atomic E-state index is 12.6.